The highest BCUT2D eigenvalue weighted by Gasteiger charge is 2.54. The summed E-state index contributed by atoms with van der Waals surface area (Å²) < 4.78 is 44.5. The molecule has 8 heteroatoms. The second-order valence-corrected chi connectivity index (χ2v) is 10.2. The summed E-state index contributed by atoms with van der Waals surface area (Å²) in [6.45, 7) is 2.11. The monoisotopic (exact) mass is 489 g/mol. The Bertz CT molecular complexity index is 1150. The van der Waals surface area contributed by atoms with Crippen LogP contribution in [-0.2, 0) is 17.6 Å². The number of ether oxygens (including phenoxy) is 1. The van der Waals surface area contributed by atoms with Crippen LogP contribution in [0.3, 0.4) is 0 Å². The third-order valence-corrected chi connectivity index (χ3v) is 8.36. The van der Waals surface area contributed by atoms with Gasteiger partial charge in [-0.3, -0.25) is 10.3 Å². The van der Waals surface area contributed by atoms with E-state index in [1.165, 1.54) is 13.2 Å². The van der Waals surface area contributed by atoms with Crippen molar-refractivity contribution in [3.63, 3.8) is 0 Å². The van der Waals surface area contributed by atoms with Gasteiger partial charge in [0.05, 0.1) is 31.1 Å². The number of rotatable bonds is 5. The molecular formula is C27H30F3NO4. The molecule has 0 radical (unpaired) electrons. The van der Waals surface area contributed by atoms with Crippen LogP contribution in [0.2, 0.25) is 0 Å². The molecule has 188 valence electrons. The minimum Gasteiger partial charge on any atom is -0.504 e. The predicted octanol–water partition coefficient (Wildman–Crippen LogP) is 5.77. The first-order chi connectivity index (χ1) is 16.6. The predicted molar refractivity (Wildman–Crippen MR) is 124 cm³/mol. The van der Waals surface area contributed by atoms with Gasteiger partial charge in [0.25, 0.3) is 0 Å². The molecule has 0 saturated heterocycles. The van der Waals surface area contributed by atoms with E-state index in [2.05, 4.69) is 18.5 Å². The molecule has 2 fully saturated rings. The number of fused-ring (bicyclic) bond motifs is 5. The van der Waals surface area contributed by atoms with Crippen molar-refractivity contribution in [2.75, 3.05) is 7.11 Å². The fourth-order valence-electron chi connectivity index (χ4n) is 6.46. The summed E-state index contributed by atoms with van der Waals surface area (Å²) >= 11 is 0. The lowest BCUT2D eigenvalue weighted by Gasteiger charge is -2.49. The molecule has 5 nitrogen and oxygen atoms in total. The van der Waals surface area contributed by atoms with E-state index >= 15 is 0 Å². The molecule has 3 N–H and O–H groups in total. The molecule has 2 saturated carbocycles. The lowest BCUT2D eigenvalue weighted by molar-refractivity contribution is -0.137. The van der Waals surface area contributed by atoms with Crippen molar-refractivity contribution in [2.24, 2.45) is 17.3 Å². The standard InChI is InChI=1S/C27H30F3NO4/c1-26-9-8-17-18-13-24(34-2)23(32)12-20(18)22(11-19(17)21(26)6-7-25(26)33)31-35-14-15-4-3-5-16(10-15)27(28,29)30/h3-5,10-13,17,19,21,25,31-33H,6-9,14H2,1-2H3/t17-,19-,21+,25+,26+/m1/s1. The number of phenolic OH excluding ortho intramolecular Hbond substituents is 1. The third kappa shape index (κ3) is 4.16. The summed E-state index contributed by atoms with van der Waals surface area (Å²) in [7, 11) is 1.51. The smallest absolute Gasteiger partial charge is 0.416 e. The van der Waals surface area contributed by atoms with Crippen LogP contribution in [0.1, 0.15) is 60.8 Å². The molecule has 0 unspecified atom stereocenters. The van der Waals surface area contributed by atoms with Crippen LogP contribution in [0.4, 0.5) is 13.2 Å². The molecule has 2 aromatic rings. The van der Waals surface area contributed by atoms with Gasteiger partial charge in [-0.15, -0.1) is 0 Å². The zero-order chi connectivity index (χ0) is 25.0. The lowest BCUT2D eigenvalue weighted by atomic mass is 9.56. The van der Waals surface area contributed by atoms with Crippen LogP contribution in [0, 0.1) is 17.3 Å². The SMILES string of the molecule is COc1cc2c(cc1O)C(NOCc1cccc(C(F)(F)F)c1)=C[C@@H]1[C@@H]2CC[C@]2(C)[C@@H](O)CC[C@@H]12. The molecule has 0 spiro atoms. The molecule has 5 atom stereocenters. The minimum absolute atomic E-state index is 0.00668. The molecule has 0 amide bonds. The van der Waals surface area contributed by atoms with E-state index in [1.54, 1.807) is 12.1 Å². The van der Waals surface area contributed by atoms with Gasteiger partial charge < -0.3 is 14.9 Å². The highest BCUT2D eigenvalue weighted by atomic mass is 19.4. The summed E-state index contributed by atoms with van der Waals surface area (Å²) in [4.78, 5) is 5.67. The van der Waals surface area contributed by atoms with Crippen LogP contribution in [0.25, 0.3) is 5.70 Å². The number of benzene rings is 2. The summed E-state index contributed by atoms with van der Waals surface area (Å²) in [6.07, 6.45) is 0.906. The van der Waals surface area contributed by atoms with Gasteiger partial charge in [-0.1, -0.05) is 25.1 Å². The molecule has 0 bridgehead atoms. The average Bonchev–Trinajstić information content (AvgIpc) is 3.13. The number of hydroxylamine groups is 1. The quantitative estimate of drug-likeness (QED) is 0.466. The number of hydrogen-bond donors (Lipinski definition) is 3. The Morgan fingerprint density at radius 2 is 1.94 bits per heavy atom. The number of allylic oxidation sites excluding steroid dienone is 1. The van der Waals surface area contributed by atoms with Gasteiger partial charge in [-0.05, 0) is 84.2 Å². The Kier molecular flexibility index (Phi) is 6.00. The third-order valence-electron chi connectivity index (χ3n) is 8.36. The van der Waals surface area contributed by atoms with E-state index in [-0.39, 0.29) is 35.7 Å². The first-order valence-electron chi connectivity index (χ1n) is 12.0. The first-order valence-corrected chi connectivity index (χ1v) is 12.0. The highest BCUT2D eigenvalue weighted by molar-refractivity contribution is 5.72. The van der Waals surface area contributed by atoms with Gasteiger partial charge >= 0.3 is 6.18 Å². The maximum Gasteiger partial charge on any atom is 0.416 e. The van der Waals surface area contributed by atoms with Gasteiger partial charge in [0.2, 0.25) is 0 Å². The Hall–Kier alpha value is -2.71. The molecule has 3 aliphatic rings. The van der Waals surface area contributed by atoms with Crippen molar-refractivity contribution < 1.29 is 33.0 Å². The number of phenols is 1. The van der Waals surface area contributed by atoms with E-state index in [1.807, 2.05) is 6.07 Å². The van der Waals surface area contributed by atoms with Crippen molar-refractivity contribution in [3.05, 3.63) is 64.7 Å². The molecule has 2 aromatic carbocycles. The summed E-state index contributed by atoms with van der Waals surface area (Å²) in [5.74, 6) is 1.08. The first kappa shape index (κ1) is 24.0. The van der Waals surface area contributed by atoms with Gasteiger partial charge in [-0.25, -0.2) is 0 Å². The second-order valence-electron chi connectivity index (χ2n) is 10.2. The number of nitrogens with one attached hydrogen (secondary N) is 1. The normalized spacial score (nSPS) is 29.6. The maximum absolute atomic E-state index is 13.1. The van der Waals surface area contributed by atoms with Gasteiger partial charge in [0.1, 0.15) is 0 Å². The Morgan fingerprint density at radius 1 is 1.14 bits per heavy atom. The summed E-state index contributed by atoms with van der Waals surface area (Å²) in [6, 6.07) is 8.57. The lowest BCUT2D eigenvalue weighted by Crippen LogP contribution is -2.43. The van der Waals surface area contributed by atoms with Crippen LogP contribution in [-0.4, -0.2) is 23.4 Å². The Morgan fingerprint density at radius 3 is 2.69 bits per heavy atom. The topological polar surface area (TPSA) is 71.0 Å². The van der Waals surface area contributed by atoms with Gasteiger partial charge in [0, 0.05) is 5.56 Å². The fraction of sp³-hybridized carbons (Fsp3) is 0.481. The number of aliphatic hydroxyl groups excluding tert-OH is 1. The summed E-state index contributed by atoms with van der Waals surface area (Å²) in [5, 5.41) is 21.2. The van der Waals surface area contributed by atoms with Crippen molar-refractivity contribution in [3.8, 4) is 11.5 Å². The number of aromatic hydroxyl groups is 1. The molecular weight excluding hydrogens is 459 g/mol. The van der Waals surface area contributed by atoms with Gasteiger partial charge in [0.15, 0.2) is 11.5 Å². The largest absolute Gasteiger partial charge is 0.504 e. The highest BCUT2D eigenvalue weighted by Crippen LogP contribution is 2.61. The Balaban J connectivity index is 1.44. The van der Waals surface area contributed by atoms with E-state index in [4.69, 9.17) is 9.57 Å². The van der Waals surface area contributed by atoms with Crippen molar-refractivity contribution in [1.82, 2.24) is 5.48 Å². The van der Waals surface area contributed by atoms with Crippen molar-refractivity contribution in [2.45, 2.75) is 57.4 Å². The minimum atomic E-state index is -4.42. The van der Waals surface area contributed by atoms with Gasteiger partial charge in [-0.2, -0.15) is 13.2 Å². The van der Waals surface area contributed by atoms with E-state index in [0.29, 0.717) is 22.9 Å². The molecule has 0 aromatic heterocycles. The zero-order valence-electron chi connectivity index (χ0n) is 19.7. The molecule has 0 heterocycles. The fourth-order valence-corrected chi connectivity index (χ4v) is 6.46. The zero-order valence-corrected chi connectivity index (χ0v) is 19.7. The average molecular weight is 490 g/mol. The van der Waals surface area contributed by atoms with Crippen LogP contribution in [0.5, 0.6) is 11.5 Å². The van der Waals surface area contributed by atoms with E-state index in [9.17, 15) is 23.4 Å². The summed E-state index contributed by atoms with van der Waals surface area (Å²) in [5.41, 5.74) is 4.96. The molecule has 5 rings (SSSR count). The second kappa shape index (κ2) is 8.75. The maximum atomic E-state index is 13.1. The number of alkyl halides is 3. The van der Waals surface area contributed by atoms with Crippen LogP contribution >= 0.6 is 0 Å². The van der Waals surface area contributed by atoms with Crippen molar-refractivity contribution in [1.29, 1.82) is 0 Å². The number of aliphatic hydroxyl groups is 1. The number of halogens is 3. The molecule has 35 heavy (non-hydrogen) atoms. The van der Waals surface area contributed by atoms with Crippen LogP contribution in [0.15, 0.2) is 42.5 Å². The van der Waals surface area contributed by atoms with E-state index in [0.717, 1.165) is 48.9 Å². The van der Waals surface area contributed by atoms with E-state index < -0.39 is 11.7 Å². The Labute approximate surface area is 202 Å². The van der Waals surface area contributed by atoms with Crippen LogP contribution < -0.4 is 10.2 Å². The number of methoxy groups -OCH3 is 1. The van der Waals surface area contributed by atoms with Crippen molar-refractivity contribution >= 4 is 5.70 Å². The number of hydrogen-bond acceptors (Lipinski definition) is 5. The molecule has 0 aliphatic heterocycles. The molecule has 3 aliphatic carbocycles.